The van der Waals surface area contributed by atoms with Gasteiger partial charge in [0.2, 0.25) is 0 Å². The number of benzene rings is 2. The quantitative estimate of drug-likeness (QED) is 0.584. The molecule has 172 valence electrons. The molecule has 32 heavy (non-hydrogen) atoms. The molecule has 2 aromatic rings. The fraction of sp³-hybridized carbons (Fsp3) is 0.263. The van der Waals surface area contributed by atoms with E-state index in [9.17, 15) is 31.1 Å². The van der Waals surface area contributed by atoms with E-state index in [1.165, 1.54) is 24.3 Å². The number of hydrogen-bond donors (Lipinski definition) is 3. The van der Waals surface area contributed by atoms with Crippen molar-refractivity contribution in [2.24, 2.45) is 16.0 Å². The SMILES string of the molecule is NC[C@H](NC(=O)c1ccc(C2(C(F)(F)F)N=N2)cc1)c1ccccc1.O=C(O)C(F)(F)F. The molecule has 1 atom stereocenters. The second kappa shape index (κ2) is 9.34. The van der Waals surface area contributed by atoms with E-state index in [-0.39, 0.29) is 23.7 Å². The highest BCUT2D eigenvalue weighted by Gasteiger charge is 2.65. The zero-order valence-corrected chi connectivity index (χ0v) is 16.0. The third kappa shape index (κ3) is 5.81. The average Bonchev–Trinajstić information content (AvgIpc) is 3.54. The summed E-state index contributed by atoms with van der Waals surface area (Å²) in [5.74, 6) is -3.18. The van der Waals surface area contributed by atoms with Crippen LogP contribution in [0.4, 0.5) is 26.3 Å². The van der Waals surface area contributed by atoms with Crippen molar-refractivity contribution in [3.8, 4) is 0 Å². The minimum Gasteiger partial charge on any atom is -0.475 e. The topological polar surface area (TPSA) is 117 Å². The summed E-state index contributed by atoms with van der Waals surface area (Å²) >= 11 is 0. The molecule has 1 aliphatic heterocycles. The number of hydrogen-bond acceptors (Lipinski definition) is 5. The minimum atomic E-state index is -5.08. The molecule has 0 spiro atoms. The molecule has 7 nitrogen and oxygen atoms in total. The van der Waals surface area contributed by atoms with Crippen molar-refractivity contribution >= 4 is 11.9 Å². The number of amides is 1. The zero-order chi connectivity index (χ0) is 24.2. The third-order valence-electron chi connectivity index (χ3n) is 4.23. The number of carbonyl (C=O) groups is 2. The van der Waals surface area contributed by atoms with Gasteiger partial charge >= 0.3 is 24.0 Å². The van der Waals surface area contributed by atoms with Gasteiger partial charge in [-0.3, -0.25) is 4.79 Å². The maximum Gasteiger partial charge on any atom is 0.490 e. The molecule has 1 amide bonds. The van der Waals surface area contributed by atoms with E-state index >= 15 is 0 Å². The standard InChI is InChI=1S/C17H15F3N4O.C2HF3O2/c18-17(19,20)16(23-24-16)13-8-6-12(7-9-13)15(25)22-14(10-21)11-4-2-1-3-5-11;3-2(4,5)1(6)7/h1-9,14H,10,21H2,(H,22,25);(H,6,7)/t14-;/m0./s1. The van der Waals surface area contributed by atoms with Crippen LogP contribution in [0.5, 0.6) is 0 Å². The van der Waals surface area contributed by atoms with Crippen LogP contribution in [0.1, 0.15) is 27.5 Å². The molecular formula is C19H16F6N4O3. The summed E-state index contributed by atoms with van der Waals surface area (Å²) in [5, 5.41) is 16.2. The maximum absolute atomic E-state index is 13.0. The summed E-state index contributed by atoms with van der Waals surface area (Å²) in [6.07, 6.45) is -9.67. The number of nitrogens with two attached hydrogens (primary N) is 1. The highest BCUT2D eigenvalue weighted by atomic mass is 19.4. The van der Waals surface area contributed by atoms with Crippen LogP contribution in [-0.2, 0) is 10.5 Å². The van der Waals surface area contributed by atoms with Crippen molar-refractivity contribution < 1.29 is 41.0 Å². The molecule has 0 aromatic heterocycles. The highest BCUT2D eigenvalue weighted by Crippen LogP contribution is 2.52. The average molecular weight is 462 g/mol. The Balaban J connectivity index is 0.000000451. The molecule has 0 unspecified atom stereocenters. The molecule has 0 fully saturated rings. The van der Waals surface area contributed by atoms with Crippen LogP contribution >= 0.6 is 0 Å². The van der Waals surface area contributed by atoms with Gasteiger partial charge in [0.1, 0.15) is 0 Å². The molecule has 13 heteroatoms. The predicted octanol–water partition coefficient (Wildman–Crippen LogP) is 3.93. The molecular weight excluding hydrogens is 446 g/mol. The Morgan fingerprint density at radius 3 is 1.84 bits per heavy atom. The second-order valence-corrected chi connectivity index (χ2v) is 6.42. The summed E-state index contributed by atoms with van der Waals surface area (Å²) in [7, 11) is 0. The third-order valence-corrected chi connectivity index (χ3v) is 4.23. The largest absolute Gasteiger partial charge is 0.490 e. The monoisotopic (exact) mass is 462 g/mol. The minimum absolute atomic E-state index is 0.116. The van der Waals surface area contributed by atoms with Crippen LogP contribution in [0.25, 0.3) is 0 Å². The van der Waals surface area contributed by atoms with Crippen molar-refractivity contribution in [1.82, 2.24) is 5.32 Å². The highest BCUT2D eigenvalue weighted by molar-refractivity contribution is 5.94. The molecule has 2 aromatic carbocycles. The predicted molar refractivity (Wildman–Crippen MR) is 98.4 cm³/mol. The van der Waals surface area contributed by atoms with E-state index in [0.717, 1.165) is 5.56 Å². The number of carboxylic acids is 1. The molecule has 4 N–H and O–H groups in total. The van der Waals surface area contributed by atoms with Crippen molar-refractivity contribution in [2.45, 2.75) is 24.1 Å². The van der Waals surface area contributed by atoms with Gasteiger partial charge < -0.3 is 16.2 Å². The van der Waals surface area contributed by atoms with Gasteiger partial charge in [-0.2, -0.15) is 26.3 Å². The van der Waals surface area contributed by atoms with E-state index in [4.69, 9.17) is 15.6 Å². The smallest absolute Gasteiger partial charge is 0.475 e. The lowest BCUT2D eigenvalue weighted by atomic mass is 10.0. The maximum atomic E-state index is 13.0. The summed E-state index contributed by atoms with van der Waals surface area (Å²) in [4.78, 5) is 21.2. The van der Waals surface area contributed by atoms with E-state index in [1.807, 2.05) is 30.3 Å². The van der Waals surface area contributed by atoms with Crippen molar-refractivity contribution in [1.29, 1.82) is 0 Å². The first kappa shape index (κ1) is 24.8. The number of carbonyl (C=O) groups excluding carboxylic acids is 1. The van der Waals surface area contributed by atoms with Crippen LogP contribution < -0.4 is 11.1 Å². The molecule has 1 heterocycles. The summed E-state index contributed by atoms with van der Waals surface area (Å²) in [5.41, 5.74) is 4.19. The van der Waals surface area contributed by atoms with E-state index in [0.29, 0.717) is 0 Å². The first-order chi connectivity index (χ1) is 14.8. The Kier molecular flexibility index (Phi) is 7.24. The molecule has 0 aliphatic carbocycles. The van der Waals surface area contributed by atoms with Crippen molar-refractivity contribution in [3.63, 3.8) is 0 Å². The summed E-state index contributed by atoms with van der Waals surface area (Å²) in [6, 6.07) is 13.9. The second-order valence-electron chi connectivity index (χ2n) is 6.42. The van der Waals surface area contributed by atoms with E-state index < -0.39 is 29.9 Å². The van der Waals surface area contributed by atoms with Crippen LogP contribution in [0.15, 0.2) is 64.8 Å². The number of rotatable bonds is 5. The lowest BCUT2D eigenvalue weighted by Gasteiger charge is -2.18. The van der Waals surface area contributed by atoms with Gasteiger partial charge in [-0.15, -0.1) is 10.2 Å². The zero-order valence-electron chi connectivity index (χ0n) is 16.0. The Hall–Kier alpha value is -3.48. The van der Waals surface area contributed by atoms with Gasteiger partial charge in [-0.1, -0.05) is 42.5 Å². The van der Waals surface area contributed by atoms with Gasteiger partial charge in [0, 0.05) is 17.7 Å². The summed E-state index contributed by atoms with van der Waals surface area (Å²) < 4.78 is 70.6. The lowest BCUT2D eigenvalue weighted by molar-refractivity contribution is -0.192. The Bertz CT molecular complexity index is 969. The van der Waals surface area contributed by atoms with Gasteiger partial charge in [-0.05, 0) is 17.7 Å². The van der Waals surface area contributed by atoms with Gasteiger partial charge in [0.05, 0.1) is 6.04 Å². The van der Waals surface area contributed by atoms with Gasteiger partial charge in [0.15, 0.2) is 0 Å². The Morgan fingerprint density at radius 2 is 1.47 bits per heavy atom. The number of aliphatic carboxylic acids is 1. The normalized spacial score (nSPS) is 15.2. The van der Waals surface area contributed by atoms with E-state index in [1.54, 1.807) is 0 Å². The molecule has 0 radical (unpaired) electrons. The first-order valence-corrected chi connectivity index (χ1v) is 8.79. The van der Waals surface area contributed by atoms with Crippen LogP contribution in [0.3, 0.4) is 0 Å². The van der Waals surface area contributed by atoms with Gasteiger partial charge in [-0.25, -0.2) is 4.79 Å². The van der Waals surface area contributed by atoms with Crippen LogP contribution in [0, 0.1) is 0 Å². The molecule has 0 bridgehead atoms. The molecule has 3 rings (SSSR count). The fourth-order valence-corrected chi connectivity index (χ4v) is 2.50. The molecule has 1 aliphatic rings. The van der Waals surface area contributed by atoms with Crippen LogP contribution in [0.2, 0.25) is 0 Å². The van der Waals surface area contributed by atoms with Crippen molar-refractivity contribution in [2.75, 3.05) is 6.54 Å². The number of alkyl halides is 6. The van der Waals surface area contributed by atoms with Gasteiger partial charge in [0.25, 0.3) is 5.91 Å². The first-order valence-electron chi connectivity index (χ1n) is 8.79. The molecule has 0 saturated heterocycles. The number of carboxylic acid groups (broad SMARTS) is 1. The van der Waals surface area contributed by atoms with E-state index in [2.05, 4.69) is 15.5 Å². The number of nitrogens with zero attached hydrogens (tertiary/aromatic N) is 2. The Morgan fingerprint density at radius 1 is 0.969 bits per heavy atom. The summed E-state index contributed by atoms with van der Waals surface area (Å²) in [6.45, 7) is 0.197. The number of nitrogens with one attached hydrogen (secondary N) is 1. The number of halogens is 6. The van der Waals surface area contributed by atoms with Crippen LogP contribution in [-0.4, -0.2) is 35.9 Å². The molecule has 0 saturated carbocycles. The van der Waals surface area contributed by atoms with Crippen molar-refractivity contribution in [3.05, 3.63) is 71.3 Å². The Labute approximate surface area is 176 Å². The lowest BCUT2D eigenvalue weighted by Crippen LogP contribution is -2.33. The fourth-order valence-electron chi connectivity index (χ4n) is 2.50.